The zero-order chi connectivity index (χ0) is 13.7. The molecule has 2 rings (SSSR count). The van der Waals surface area contributed by atoms with E-state index in [0.717, 1.165) is 6.42 Å². The van der Waals surface area contributed by atoms with Crippen molar-refractivity contribution in [2.75, 3.05) is 26.3 Å². The lowest BCUT2D eigenvalue weighted by molar-refractivity contribution is -0.130. The first-order valence-corrected chi connectivity index (χ1v) is 6.25. The summed E-state index contributed by atoms with van der Waals surface area (Å²) in [7, 11) is 0. The summed E-state index contributed by atoms with van der Waals surface area (Å²) in [5, 5.41) is 8.93. The topological polar surface area (TPSA) is 100 Å². The number of rotatable bonds is 4. The van der Waals surface area contributed by atoms with E-state index in [-0.39, 0.29) is 24.2 Å². The van der Waals surface area contributed by atoms with E-state index in [4.69, 9.17) is 4.74 Å². The molecule has 2 amide bonds. The van der Waals surface area contributed by atoms with Gasteiger partial charge < -0.3 is 15.0 Å². The monoisotopic (exact) mass is 267 g/mol. The molecule has 1 aliphatic rings. The van der Waals surface area contributed by atoms with Crippen molar-refractivity contribution in [3.8, 4) is 0 Å². The van der Waals surface area contributed by atoms with Crippen LogP contribution < -0.4 is 5.32 Å². The summed E-state index contributed by atoms with van der Waals surface area (Å²) in [4.78, 5) is 29.5. The molecule has 1 atom stereocenters. The first-order chi connectivity index (χ1) is 9.24. The Kier molecular flexibility index (Phi) is 4.45. The van der Waals surface area contributed by atoms with Crippen LogP contribution in [0.3, 0.4) is 0 Å². The van der Waals surface area contributed by atoms with Gasteiger partial charge in [-0.1, -0.05) is 6.92 Å². The van der Waals surface area contributed by atoms with Crippen molar-refractivity contribution in [3.05, 3.63) is 12.2 Å². The van der Waals surface area contributed by atoms with Gasteiger partial charge in [0.15, 0.2) is 0 Å². The van der Waals surface area contributed by atoms with Crippen LogP contribution in [0, 0.1) is 0 Å². The molecular weight excluding hydrogens is 250 g/mol. The highest BCUT2D eigenvalue weighted by Crippen LogP contribution is 2.10. The zero-order valence-corrected chi connectivity index (χ0v) is 10.8. The number of morpholine rings is 1. The summed E-state index contributed by atoms with van der Waals surface area (Å²) in [6.07, 6.45) is 2.11. The van der Waals surface area contributed by atoms with Gasteiger partial charge >= 0.3 is 0 Å². The van der Waals surface area contributed by atoms with Crippen LogP contribution in [-0.2, 0) is 9.53 Å². The molecule has 8 nitrogen and oxygen atoms in total. The third-order valence-electron chi connectivity index (χ3n) is 2.86. The Morgan fingerprint density at radius 2 is 2.47 bits per heavy atom. The minimum atomic E-state index is -0.613. The van der Waals surface area contributed by atoms with Crippen molar-refractivity contribution in [2.24, 2.45) is 0 Å². The van der Waals surface area contributed by atoms with Crippen molar-refractivity contribution < 1.29 is 14.3 Å². The first-order valence-electron chi connectivity index (χ1n) is 6.25. The maximum Gasteiger partial charge on any atom is 0.292 e. The lowest BCUT2D eigenvalue weighted by Crippen LogP contribution is -2.56. The van der Waals surface area contributed by atoms with Crippen LogP contribution in [0.25, 0.3) is 0 Å². The molecule has 2 N–H and O–H groups in total. The van der Waals surface area contributed by atoms with E-state index in [2.05, 4.69) is 20.5 Å². The van der Waals surface area contributed by atoms with Crippen LogP contribution in [0.1, 0.15) is 24.0 Å². The lowest BCUT2D eigenvalue weighted by atomic mass is 10.2. The molecule has 0 bridgehead atoms. The molecule has 0 aliphatic carbocycles. The number of ether oxygens (including phenoxy) is 1. The highest BCUT2D eigenvalue weighted by molar-refractivity contribution is 5.95. The molecule has 104 valence electrons. The number of aromatic amines is 1. The minimum Gasteiger partial charge on any atom is -0.377 e. The highest BCUT2D eigenvalue weighted by atomic mass is 16.5. The van der Waals surface area contributed by atoms with Gasteiger partial charge in [0.25, 0.3) is 5.91 Å². The van der Waals surface area contributed by atoms with Gasteiger partial charge in [-0.25, -0.2) is 4.98 Å². The average Bonchev–Trinajstić information content (AvgIpc) is 2.98. The summed E-state index contributed by atoms with van der Waals surface area (Å²) < 4.78 is 5.28. The van der Waals surface area contributed by atoms with Crippen LogP contribution in [-0.4, -0.2) is 64.2 Å². The van der Waals surface area contributed by atoms with Crippen molar-refractivity contribution in [1.29, 1.82) is 0 Å². The molecule has 2 heterocycles. The molecule has 1 unspecified atom stereocenters. The van der Waals surface area contributed by atoms with Crippen molar-refractivity contribution in [3.63, 3.8) is 0 Å². The van der Waals surface area contributed by atoms with Crippen molar-refractivity contribution in [2.45, 2.75) is 19.4 Å². The van der Waals surface area contributed by atoms with E-state index in [9.17, 15) is 9.59 Å². The number of hydrogen-bond acceptors (Lipinski definition) is 5. The molecule has 0 radical (unpaired) electrons. The van der Waals surface area contributed by atoms with Crippen LogP contribution in [0.2, 0.25) is 0 Å². The van der Waals surface area contributed by atoms with Crippen molar-refractivity contribution in [1.82, 2.24) is 25.4 Å². The Morgan fingerprint density at radius 3 is 3.16 bits per heavy atom. The normalized spacial score (nSPS) is 19.2. The lowest BCUT2D eigenvalue weighted by Gasteiger charge is -2.33. The molecule has 1 fully saturated rings. The number of nitrogens with zero attached hydrogens (tertiary/aromatic N) is 3. The fourth-order valence-electron chi connectivity index (χ4n) is 1.87. The second-order valence-electron chi connectivity index (χ2n) is 4.21. The van der Waals surface area contributed by atoms with Crippen LogP contribution in [0.15, 0.2) is 6.33 Å². The quantitative estimate of drug-likeness (QED) is 0.741. The van der Waals surface area contributed by atoms with Crippen LogP contribution in [0.4, 0.5) is 0 Å². The number of carbonyl (C=O) groups is 2. The second-order valence-corrected chi connectivity index (χ2v) is 4.21. The Hall–Kier alpha value is -1.96. The fourth-order valence-corrected chi connectivity index (χ4v) is 1.87. The minimum absolute atomic E-state index is 0.134. The van der Waals surface area contributed by atoms with Gasteiger partial charge in [-0.3, -0.25) is 14.7 Å². The molecule has 19 heavy (non-hydrogen) atoms. The smallest absolute Gasteiger partial charge is 0.292 e. The van der Waals surface area contributed by atoms with E-state index in [0.29, 0.717) is 19.7 Å². The standard InChI is InChI=1S/C11H17N5O3/c1-2-3-12-10(17)8-6-19-5-4-16(8)11(18)9-13-7-14-15-9/h7-8H,2-6H2,1H3,(H,12,17)(H,13,14,15). The second kappa shape index (κ2) is 6.28. The first kappa shape index (κ1) is 13.5. The summed E-state index contributed by atoms with van der Waals surface area (Å²) in [5.41, 5.74) is 0. The van der Waals surface area contributed by atoms with Gasteiger partial charge in [-0.05, 0) is 6.42 Å². The van der Waals surface area contributed by atoms with Gasteiger partial charge in [0, 0.05) is 13.1 Å². The molecule has 8 heteroatoms. The molecule has 0 spiro atoms. The van der Waals surface area contributed by atoms with E-state index >= 15 is 0 Å². The summed E-state index contributed by atoms with van der Waals surface area (Å²) >= 11 is 0. The predicted octanol–water partition coefficient (Wildman–Crippen LogP) is -0.828. The van der Waals surface area contributed by atoms with E-state index in [1.165, 1.54) is 11.2 Å². The summed E-state index contributed by atoms with van der Waals surface area (Å²) in [6.45, 7) is 3.53. The third kappa shape index (κ3) is 3.08. The number of nitrogens with one attached hydrogen (secondary N) is 2. The highest BCUT2D eigenvalue weighted by Gasteiger charge is 2.34. The molecule has 1 saturated heterocycles. The maximum atomic E-state index is 12.2. The fraction of sp³-hybridized carbons (Fsp3) is 0.636. The molecule has 1 aliphatic heterocycles. The van der Waals surface area contributed by atoms with Crippen molar-refractivity contribution >= 4 is 11.8 Å². The number of aromatic nitrogens is 3. The van der Waals surface area contributed by atoms with Crippen LogP contribution >= 0.6 is 0 Å². The molecule has 0 saturated carbocycles. The van der Waals surface area contributed by atoms with Gasteiger partial charge in [-0.2, -0.15) is 5.10 Å². The average molecular weight is 267 g/mol. The summed E-state index contributed by atoms with van der Waals surface area (Å²) in [6, 6.07) is -0.613. The Balaban J connectivity index is 2.07. The van der Waals surface area contributed by atoms with E-state index < -0.39 is 6.04 Å². The largest absolute Gasteiger partial charge is 0.377 e. The number of H-pyrrole nitrogens is 1. The molecular formula is C11H17N5O3. The van der Waals surface area contributed by atoms with Gasteiger partial charge in [0.05, 0.1) is 13.2 Å². The van der Waals surface area contributed by atoms with Gasteiger partial charge in [-0.15, -0.1) is 0 Å². The molecule has 1 aromatic rings. The summed E-state index contributed by atoms with van der Waals surface area (Å²) in [5.74, 6) is -0.401. The molecule has 1 aromatic heterocycles. The Bertz CT molecular complexity index is 434. The number of carbonyl (C=O) groups excluding carboxylic acids is 2. The predicted molar refractivity (Wildman–Crippen MR) is 65.3 cm³/mol. The van der Waals surface area contributed by atoms with Crippen LogP contribution in [0.5, 0.6) is 0 Å². The molecule has 0 aromatic carbocycles. The SMILES string of the molecule is CCCNC(=O)C1COCCN1C(=O)c1ncn[nH]1. The zero-order valence-electron chi connectivity index (χ0n) is 10.8. The Morgan fingerprint density at radius 1 is 1.63 bits per heavy atom. The third-order valence-corrected chi connectivity index (χ3v) is 2.86. The Labute approximate surface area is 110 Å². The van der Waals surface area contributed by atoms with Gasteiger partial charge in [0.1, 0.15) is 12.4 Å². The number of hydrogen-bond donors (Lipinski definition) is 2. The van der Waals surface area contributed by atoms with E-state index in [1.54, 1.807) is 0 Å². The maximum absolute atomic E-state index is 12.2. The van der Waals surface area contributed by atoms with Gasteiger partial charge in [0.2, 0.25) is 11.7 Å². The number of amides is 2. The van der Waals surface area contributed by atoms with E-state index in [1.807, 2.05) is 6.92 Å².